The molecule has 0 radical (unpaired) electrons. The second-order valence-corrected chi connectivity index (χ2v) is 5.85. The van der Waals surface area contributed by atoms with E-state index in [1.54, 1.807) is 12.1 Å². The van der Waals surface area contributed by atoms with E-state index in [1.165, 1.54) is 6.92 Å². The second-order valence-electron chi connectivity index (χ2n) is 4.77. The van der Waals surface area contributed by atoms with Gasteiger partial charge in [-0.1, -0.05) is 13.8 Å². The van der Waals surface area contributed by atoms with Gasteiger partial charge in [0.1, 0.15) is 0 Å². The van der Waals surface area contributed by atoms with Crippen molar-refractivity contribution in [3.05, 3.63) is 17.0 Å². The van der Waals surface area contributed by atoms with Crippen molar-refractivity contribution in [3.63, 3.8) is 0 Å². The number of carboxylic acids is 1. The highest BCUT2D eigenvalue weighted by atomic mass is 32.1. The molecule has 0 spiro atoms. The second kappa shape index (κ2) is 7.04. The third-order valence-electron chi connectivity index (χ3n) is 2.64. The summed E-state index contributed by atoms with van der Waals surface area (Å²) in [6, 6.07) is 2.82. The lowest BCUT2D eigenvalue weighted by Crippen LogP contribution is -2.39. The molecule has 3 N–H and O–H groups in total. The highest BCUT2D eigenvalue weighted by Gasteiger charge is 2.21. The number of anilines is 1. The van der Waals surface area contributed by atoms with Crippen molar-refractivity contribution in [1.82, 2.24) is 5.32 Å². The number of aliphatic carboxylic acids is 1. The molecule has 0 aliphatic heterocycles. The van der Waals surface area contributed by atoms with Gasteiger partial charge in [0.05, 0.1) is 16.3 Å². The zero-order valence-corrected chi connectivity index (χ0v) is 12.4. The van der Waals surface area contributed by atoms with Crippen LogP contribution in [0.3, 0.4) is 0 Å². The van der Waals surface area contributed by atoms with Gasteiger partial charge in [0.25, 0.3) is 5.91 Å². The minimum Gasteiger partial charge on any atom is -0.481 e. The van der Waals surface area contributed by atoms with E-state index >= 15 is 0 Å². The Morgan fingerprint density at radius 3 is 2.45 bits per heavy atom. The highest BCUT2D eigenvalue weighted by Crippen LogP contribution is 2.22. The topological polar surface area (TPSA) is 95.5 Å². The van der Waals surface area contributed by atoms with Crippen LogP contribution in [0, 0.1) is 5.92 Å². The molecule has 0 aromatic carbocycles. The number of amides is 2. The first-order valence-corrected chi connectivity index (χ1v) is 7.01. The molecular formula is C13H18N2O4S. The Kier molecular flexibility index (Phi) is 5.69. The quantitative estimate of drug-likeness (QED) is 0.748. The lowest BCUT2D eigenvalue weighted by atomic mass is 10.0. The monoisotopic (exact) mass is 298 g/mol. The van der Waals surface area contributed by atoms with Crippen LogP contribution in [0.25, 0.3) is 0 Å². The molecule has 110 valence electrons. The fraction of sp³-hybridized carbons (Fsp3) is 0.462. The van der Waals surface area contributed by atoms with Gasteiger partial charge in [0.2, 0.25) is 5.91 Å². The number of carbonyl (C=O) groups is 3. The lowest BCUT2D eigenvalue weighted by Gasteiger charge is -2.20. The van der Waals surface area contributed by atoms with Crippen LogP contribution in [0.2, 0.25) is 0 Å². The third-order valence-corrected chi connectivity index (χ3v) is 3.64. The molecule has 0 fully saturated rings. The van der Waals surface area contributed by atoms with Gasteiger partial charge in [0, 0.05) is 13.0 Å². The van der Waals surface area contributed by atoms with Crippen molar-refractivity contribution in [2.24, 2.45) is 5.92 Å². The smallest absolute Gasteiger partial charge is 0.305 e. The van der Waals surface area contributed by atoms with Gasteiger partial charge < -0.3 is 15.7 Å². The molecule has 0 aliphatic carbocycles. The van der Waals surface area contributed by atoms with Gasteiger partial charge >= 0.3 is 5.97 Å². The molecule has 0 bridgehead atoms. The third kappa shape index (κ3) is 5.00. The lowest BCUT2D eigenvalue weighted by molar-refractivity contribution is -0.137. The summed E-state index contributed by atoms with van der Waals surface area (Å²) in [7, 11) is 0. The predicted molar refractivity (Wildman–Crippen MR) is 77.0 cm³/mol. The molecule has 6 nitrogen and oxygen atoms in total. The summed E-state index contributed by atoms with van der Waals surface area (Å²) in [5.41, 5.74) is 0. The average molecular weight is 298 g/mol. The van der Waals surface area contributed by atoms with Crippen LogP contribution in [0.5, 0.6) is 0 Å². The highest BCUT2D eigenvalue weighted by molar-refractivity contribution is 7.18. The van der Waals surface area contributed by atoms with Crippen molar-refractivity contribution < 1.29 is 19.5 Å². The van der Waals surface area contributed by atoms with Crippen molar-refractivity contribution in [3.8, 4) is 0 Å². The Morgan fingerprint density at radius 1 is 1.30 bits per heavy atom. The fourth-order valence-corrected chi connectivity index (χ4v) is 2.44. The maximum atomic E-state index is 12.0. The summed E-state index contributed by atoms with van der Waals surface area (Å²) in [4.78, 5) is 34.1. The molecule has 0 saturated heterocycles. The Morgan fingerprint density at radius 2 is 1.95 bits per heavy atom. The fourth-order valence-electron chi connectivity index (χ4n) is 1.58. The van der Waals surface area contributed by atoms with E-state index in [2.05, 4.69) is 10.6 Å². The van der Waals surface area contributed by atoms with E-state index in [0.29, 0.717) is 9.88 Å². The maximum Gasteiger partial charge on any atom is 0.305 e. The van der Waals surface area contributed by atoms with Crippen LogP contribution >= 0.6 is 11.3 Å². The van der Waals surface area contributed by atoms with E-state index in [1.807, 2.05) is 13.8 Å². The Hall–Kier alpha value is -1.89. The maximum absolute atomic E-state index is 12.0. The van der Waals surface area contributed by atoms with Crippen LogP contribution < -0.4 is 10.6 Å². The SMILES string of the molecule is CC(=O)Nc1ccc(C(=O)NC(CC(=O)O)C(C)C)s1. The molecule has 1 atom stereocenters. The number of hydrogen-bond donors (Lipinski definition) is 3. The van der Waals surface area contributed by atoms with Gasteiger partial charge in [-0.3, -0.25) is 14.4 Å². The van der Waals surface area contributed by atoms with Gasteiger partial charge in [-0.2, -0.15) is 0 Å². The van der Waals surface area contributed by atoms with E-state index in [4.69, 9.17) is 5.11 Å². The molecule has 0 saturated carbocycles. The minimum absolute atomic E-state index is 0.0184. The number of thiophene rings is 1. The van der Waals surface area contributed by atoms with Gasteiger partial charge in [-0.05, 0) is 18.1 Å². The molecule has 20 heavy (non-hydrogen) atoms. The molecule has 1 unspecified atom stereocenters. The van der Waals surface area contributed by atoms with Crippen LogP contribution in [0.4, 0.5) is 5.00 Å². The molecule has 2 amide bonds. The van der Waals surface area contributed by atoms with Crippen molar-refractivity contribution in [1.29, 1.82) is 0 Å². The number of hydrogen-bond acceptors (Lipinski definition) is 4. The summed E-state index contributed by atoms with van der Waals surface area (Å²) in [6.07, 6.45) is -0.118. The number of carboxylic acid groups (broad SMARTS) is 1. The van der Waals surface area contributed by atoms with Crippen LogP contribution in [0.15, 0.2) is 12.1 Å². The number of rotatable bonds is 6. The van der Waals surface area contributed by atoms with Gasteiger partial charge in [0.15, 0.2) is 0 Å². The zero-order chi connectivity index (χ0) is 15.3. The summed E-state index contributed by atoms with van der Waals surface area (Å²) in [5.74, 6) is -1.46. The van der Waals surface area contributed by atoms with Crippen molar-refractivity contribution in [2.45, 2.75) is 33.2 Å². The van der Waals surface area contributed by atoms with E-state index < -0.39 is 12.0 Å². The van der Waals surface area contributed by atoms with Crippen molar-refractivity contribution >= 4 is 34.1 Å². The Balaban J connectivity index is 2.71. The average Bonchev–Trinajstić information content (AvgIpc) is 2.74. The largest absolute Gasteiger partial charge is 0.481 e. The van der Waals surface area contributed by atoms with Gasteiger partial charge in [-0.15, -0.1) is 11.3 Å². The molecule has 1 heterocycles. The van der Waals surface area contributed by atoms with Crippen LogP contribution in [-0.2, 0) is 9.59 Å². The van der Waals surface area contributed by atoms with E-state index in [9.17, 15) is 14.4 Å². The van der Waals surface area contributed by atoms with Crippen molar-refractivity contribution in [2.75, 3.05) is 5.32 Å². The number of nitrogens with one attached hydrogen (secondary N) is 2. The first kappa shape index (κ1) is 16.2. The zero-order valence-electron chi connectivity index (χ0n) is 11.6. The first-order valence-electron chi connectivity index (χ1n) is 6.19. The molecular weight excluding hydrogens is 280 g/mol. The predicted octanol–water partition coefficient (Wildman–Crippen LogP) is 1.94. The summed E-state index contributed by atoms with van der Waals surface area (Å²) >= 11 is 1.15. The van der Waals surface area contributed by atoms with Crippen LogP contribution in [0.1, 0.15) is 36.9 Å². The van der Waals surface area contributed by atoms with E-state index in [-0.39, 0.29) is 24.2 Å². The first-order chi connectivity index (χ1) is 9.29. The number of carbonyl (C=O) groups excluding carboxylic acids is 2. The molecule has 1 rings (SSSR count). The normalized spacial score (nSPS) is 12.0. The van der Waals surface area contributed by atoms with Crippen LogP contribution in [-0.4, -0.2) is 28.9 Å². The molecule has 7 heteroatoms. The standard InChI is InChI=1S/C13H18N2O4S/c1-7(2)9(6-12(17)18)15-13(19)10-4-5-11(20-10)14-8(3)16/h4-5,7,9H,6H2,1-3H3,(H,14,16)(H,15,19)(H,17,18). The minimum atomic E-state index is -0.950. The van der Waals surface area contributed by atoms with E-state index in [0.717, 1.165) is 11.3 Å². The summed E-state index contributed by atoms with van der Waals surface area (Å²) < 4.78 is 0. The molecule has 0 aliphatic rings. The Labute approximate surface area is 121 Å². The summed E-state index contributed by atoms with van der Waals surface area (Å²) in [5, 5.41) is 14.7. The Bertz CT molecular complexity index is 510. The molecule has 1 aromatic heterocycles. The summed E-state index contributed by atoms with van der Waals surface area (Å²) in [6.45, 7) is 5.09. The molecule has 1 aromatic rings. The van der Waals surface area contributed by atoms with Gasteiger partial charge in [-0.25, -0.2) is 0 Å².